The maximum Gasteiger partial charge on any atom is 0.336 e. The number of nitrogens with two attached hydrogens (primary N) is 1. The SMILES string of the molecule is CN(C)CCn1c(=O)c2cc(N)cc3c2n(c1=O)-c1cc2ccccc2cc1O3.Cl.Cl. The zero-order chi connectivity index (χ0) is 20.3. The third kappa shape index (κ3) is 3.54. The van der Waals surface area contributed by atoms with Gasteiger partial charge in [-0.1, -0.05) is 24.3 Å². The Balaban J connectivity index is 0.00000136. The summed E-state index contributed by atoms with van der Waals surface area (Å²) < 4.78 is 8.94. The Morgan fingerprint density at radius 1 is 0.968 bits per heavy atom. The van der Waals surface area contributed by atoms with E-state index in [1.807, 2.05) is 55.4 Å². The fourth-order valence-electron chi connectivity index (χ4n) is 3.85. The third-order valence-corrected chi connectivity index (χ3v) is 5.28. The van der Waals surface area contributed by atoms with Crippen molar-refractivity contribution in [3.63, 3.8) is 0 Å². The molecule has 4 aromatic rings. The Bertz CT molecular complexity index is 1430. The molecule has 2 heterocycles. The molecule has 0 saturated heterocycles. The van der Waals surface area contributed by atoms with Crippen LogP contribution in [0.1, 0.15) is 0 Å². The fourth-order valence-corrected chi connectivity index (χ4v) is 3.85. The van der Waals surface area contributed by atoms with Gasteiger partial charge in [-0.25, -0.2) is 4.79 Å². The number of fused-ring (bicyclic) bond motifs is 3. The fraction of sp³-hybridized carbons (Fsp3) is 0.182. The lowest BCUT2D eigenvalue weighted by atomic mass is 10.1. The van der Waals surface area contributed by atoms with Crippen molar-refractivity contribution in [3.05, 3.63) is 69.4 Å². The highest BCUT2D eigenvalue weighted by Gasteiger charge is 2.25. The molecule has 162 valence electrons. The van der Waals surface area contributed by atoms with Crippen LogP contribution >= 0.6 is 24.8 Å². The number of rotatable bonds is 3. The van der Waals surface area contributed by atoms with Crippen LogP contribution in [0.2, 0.25) is 0 Å². The number of anilines is 1. The minimum atomic E-state index is -0.379. The average Bonchev–Trinajstić information content (AvgIpc) is 2.68. The van der Waals surface area contributed by atoms with Gasteiger partial charge in [0.05, 0.1) is 11.1 Å². The first kappa shape index (κ1) is 22.7. The topological polar surface area (TPSA) is 82.5 Å². The number of hydrogen-bond acceptors (Lipinski definition) is 5. The van der Waals surface area contributed by atoms with Gasteiger partial charge in [-0.2, -0.15) is 0 Å². The number of benzene rings is 3. The third-order valence-electron chi connectivity index (χ3n) is 5.28. The van der Waals surface area contributed by atoms with E-state index in [1.165, 1.54) is 4.57 Å². The van der Waals surface area contributed by atoms with Crippen LogP contribution < -0.4 is 21.7 Å². The molecule has 0 aliphatic carbocycles. The summed E-state index contributed by atoms with van der Waals surface area (Å²) in [6, 6.07) is 15.0. The number of likely N-dealkylation sites (N-methyl/N-ethyl adjacent to an activating group) is 1. The predicted molar refractivity (Wildman–Crippen MR) is 129 cm³/mol. The van der Waals surface area contributed by atoms with Crippen molar-refractivity contribution in [2.24, 2.45) is 0 Å². The lowest BCUT2D eigenvalue weighted by Gasteiger charge is -2.24. The molecule has 2 N–H and O–H groups in total. The maximum atomic E-state index is 13.4. The standard InChI is InChI=1S/C22H20N4O3.2ClH/c1-24(2)7-8-25-21(27)16-11-15(23)12-19-20(16)26(22(25)28)17-9-13-5-3-4-6-14(13)10-18(17)29-19;;/h3-6,9-12H,7-8,23H2,1-2H3;2*1H. The van der Waals surface area contributed by atoms with E-state index >= 15 is 0 Å². The molecule has 0 radical (unpaired) electrons. The highest BCUT2D eigenvalue weighted by Crippen LogP contribution is 2.41. The summed E-state index contributed by atoms with van der Waals surface area (Å²) in [6.45, 7) is 0.853. The van der Waals surface area contributed by atoms with Crippen molar-refractivity contribution >= 4 is 52.2 Å². The van der Waals surface area contributed by atoms with Crippen LogP contribution in [-0.4, -0.2) is 34.7 Å². The van der Waals surface area contributed by atoms with Gasteiger partial charge >= 0.3 is 5.69 Å². The highest BCUT2D eigenvalue weighted by atomic mass is 35.5. The van der Waals surface area contributed by atoms with Crippen LogP contribution in [0.5, 0.6) is 11.5 Å². The van der Waals surface area contributed by atoms with Crippen molar-refractivity contribution < 1.29 is 4.74 Å². The number of halogens is 2. The van der Waals surface area contributed by atoms with Gasteiger partial charge in [0, 0.05) is 24.8 Å². The van der Waals surface area contributed by atoms with E-state index in [2.05, 4.69) is 0 Å². The van der Waals surface area contributed by atoms with E-state index in [9.17, 15) is 9.59 Å². The van der Waals surface area contributed by atoms with Gasteiger partial charge < -0.3 is 15.4 Å². The average molecular weight is 461 g/mol. The van der Waals surface area contributed by atoms with E-state index in [0.29, 0.717) is 40.3 Å². The molecule has 1 aliphatic heterocycles. The zero-order valence-electron chi connectivity index (χ0n) is 17.0. The van der Waals surface area contributed by atoms with Crippen molar-refractivity contribution in [3.8, 4) is 17.2 Å². The van der Waals surface area contributed by atoms with Gasteiger partial charge in [-0.3, -0.25) is 13.9 Å². The summed E-state index contributed by atoms with van der Waals surface area (Å²) in [6.07, 6.45) is 0. The number of aromatic nitrogens is 2. The Hall–Kier alpha value is -3.00. The minimum absolute atomic E-state index is 0. The maximum absolute atomic E-state index is 13.4. The summed E-state index contributed by atoms with van der Waals surface area (Å²) in [7, 11) is 3.80. The van der Waals surface area contributed by atoms with Gasteiger partial charge in [0.15, 0.2) is 11.5 Å². The second-order valence-electron chi connectivity index (χ2n) is 7.56. The zero-order valence-corrected chi connectivity index (χ0v) is 18.6. The smallest absolute Gasteiger partial charge is 0.336 e. The first-order chi connectivity index (χ1) is 13.9. The second kappa shape index (κ2) is 8.26. The monoisotopic (exact) mass is 460 g/mol. The highest BCUT2D eigenvalue weighted by molar-refractivity contribution is 5.94. The van der Waals surface area contributed by atoms with Gasteiger partial charge in [0.2, 0.25) is 0 Å². The molecule has 31 heavy (non-hydrogen) atoms. The molecule has 5 rings (SSSR count). The Kier molecular flexibility index (Phi) is 6.04. The number of nitrogen functional groups attached to an aromatic ring is 1. The first-order valence-corrected chi connectivity index (χ1v) is 9.39. The van der Waals surface area contributed by atoms with Gasteiger partial charge in [0.25, 0.3) is 5.56 Å². The van der Waals surface area contributed by atoms with Crippen molar-refractivity contribution in [2.75, 3.05) is 26.4 Å². The molecule has 0 amide bonds. The Labute approximate surface area is 190 Å². The van der Waals surface area contributed by atoms with E-state index in [0.717, 1.165) is 10.8 Å². The molecule has 9 heteroatoms. The molecular weight excluding hydrogens is 439 g/mol. The van der Waals surface area contributed by atoms with Crippen LogP contribution in [0.3, 0.4) is 0 Å². The van der Waals surface area contributed by atoms with Crippen LogP contribution in [0.25, 0.3) is 27.4 Å². The molecule has 1 aromatic heterocycles. The molecular formula is C22H22Cl2N4O3. The number of nitrogens with zero attached hydrogens (tertiary/aromatic N) is 3. The van der Waals surface area contributed by atoms with Gasteiger partial charge in [-0.05, 0) is 43.1 Å². The second-order valence-corrected chi connectivity index (χ2v) is 7.56. The first-order valence-electron chi connectivity index (χ1n) is 9.39. The summed E-state index contributed by atoms with van der Waals surface area (Å²) in [5.41, 5.74) is 6.80. The Morgan fingerprint density at radius 3 is 2.32 bits per heavy atom. The van der Waals surface area contributed by atoms with Crippen LogP contribution in [0.4, 0.5) is 5.69 Å². The molecule has 0 fully saturated rings. The van der Waals surface area contributed by atoms with E-state index < -0.39 is 0 Å². The summed E-state index contributed by atoms with van der Waals surface area (Å²) in [5, 5.41) is 2.36. The molecule has 0 spiro atoms. The molecule has 0 bridgehead atoms. The van der Waals surface area contributed by atoms with Crippen LogP contribution in [0.15, 0.2) is 58.1 Å². The molecule has 0 unspecified atom stereocenters. The lowest BCUT2D eigenvalue weighted by molar-refractivity contribution is 0.375. The molecule has 0 saturated carbocycles. The van der Waals surface area contributed by atoms with Crippen molar-refractivity contribution in [1.82, 2.24) is 14.0 Å². The van der Waals surface area contributed by atoms with Crippen LogP contribution in [0, 0.1) is 0 Å². The summed E-state index contributed by atoms with van der Waals surface area (Å²) in [5.74, 6) is 0.972. The van der Waals surface area contributed by atoms with Crippen molar-refractivity contribution in [2.45, 2.75) is 6.54 Å². The normalized spacial score (nSPS) is 11.6. The quantitative estimate of drug-likeness (QED) is 0.417. The van der Waals surface area contributed by atoms with E-state index in [-0.39, 0.29) is 42.6 Å². The molecule has 0 atom stereocenters. The lowest BCUT2D eigenvalue weighted by Crippen LogP contribution is -2.42. The molecule has 7 nitrogen and oxygen atoms in total. The van der Waals surface area contributed by atoms with E-state index in [4.69, 9.17) is 10.5 Å². The molecule has 1 aliphatic rings. The van der Waals surface area contributed by atoms with Gasteiger partial charge in [0.1, 0.15) is 5.52 Å². The molecule has 3 aromatic carbocycles. The largest absolute Gasteiger partial charge is 0.453 e. The predicted octanol–water partition coefficient (Wildman–Crippen LogP) is 3.40. The number of hydrogen-bond donors (Lipinski definition) is 1. The summed E-state index contributed by atoms with van der Waals surface area (Å²) >= 11 is 0. The Morgan fingerprint density at radius 2 is 1.65 bits per heavy atom. The van der Waals surface area contributed by atoms with E-state index in [1.54, 1.807) is 16.7 Å². The minimum Gasteiger partial charge on any atom is -0.453 e. The number of ether oxygens (including phenoxy) is 1. The van der Waals surface area contributed by atoms with Crippen molar-refractivity contribution in [1.29, 1.82) is 0 Å². The van der Waals surface area contributed by atoms with Crippen LogP contribution in [-0.2, 0) is 6.54 Å². The summed E-state index contributed by atoms with van der Waals surface area (Å²) in [4.78, 5) is 28.5. The van der Waals surface area contributed by atoms with Gasteiger partial charge in [-0.15, -0.1) is 24.8 Å².